The van der Waals surface area contributed by atoms with E-state index in [9.17, 15) is 4.21 Å². The fourth-order valence-corrected chi connectivity index (χ4v) is 3.10. The molecule has 1 heterocycles. The van der Waals surface area contributed by atoms with Crippen molar-refractivity contribution in [2.24, 2.45) is 0 Å². The second-order valence-corrected chi connectivity index (χ2v) is 6.48. The molecule has 0 aliphatic rings. The quantitative estimate of drug-likeness (QED) is 0.863. The number of hydrogen-bond donors (Lipinski definition) is 0. The summed E-state index contributed by atoms with van der Waals surface area (Å²) in [5.41, 5.74) is 1.91. The maximum atomic E-state index is 12.0. The Labute approximate surface area is 117 Å². The number of hydrogen-bond acceptors (Lipinski definition) is 3. The molecule has 0 saturated carbocycles. The number of rotatable bonds is 4. The van der Waals surface area contributed by atoms with E-state index in [1.165, 1.54) is 0 Å². The molecule has 5 heteroatoms. The molecule has 2 rings (SSSR count). The molecule has 0 aliphatic heterocycles. The lowest BCUT2D eigenvalue weighted by atomic mass is 10.2. The van der Waals surface area contributed by atoms with Gasteiger partial charge in [0.1, 0.15) is 11.5 Å². The molecule has 0 N–H and O–H groups in total. The van der Waals surface area contributed by atoms with Gasteiger partial charge in [0.2, 0.25) is 5.89 Å². The zero-order chi connectivity index (χ0) is 13.1. The van der Waals surface area contributed by atoms with Crippen molar-refractivity contribution in [1.29, 1.82) is 0 Å². The molecular formula is C13H14BrNO2S. The van der Waals surface area contributed by atoms with Gasteiger partial charge in [0.25, 0.3) is 0 Å². The minimum Gasteiger partial charge on any atom is -0.445 e. The number of benzene rings is 1. The zero-order valence-electron chi connectivity index (χ0n) is 10.3. The third-order valence-electron chi connectivity index (χ3n) is 2.57. The van der Waals surface area contributed by atoms with E-state index in [0.29, 0.717) is 17.4 Å². The van der Waals surface area contributed by atoms with Crippen LogP contribution in [0.4, 0.5) is 0 Å². The van der Waals surface area contributed by atoms with E-state index in [0.717, 1.165) is 21.5 Å². The van der Waals surface area contributed by atoms with Crippen LogP contribution in [0.2, 0.25) is 0 Å². The second kappa shape index (κ2) is 5.80. The Morgan fingerprint density at radius 2 is 2.11 bits per heavy atom. The zero-order valence-corrected chi connectivity index (χ0v) is 12.7. The largest absolute Gasteiger partial charge is 0.445 e. The Balaban J connectivity index is 2.01. The smallest absolute Gasteiger partial charge is 0.207 e. The van der Waals surface area contributed by atoms with Gasteiger partial charge < -0.3 is 4.42 Å². The monoisotopic (exact) mass is 327 g/mol. The molecule has 1 aromatic carbocycles. The van der Waals surface area contributed by atoms with Gasteiger partial charge in [-0.3, -0.25) is 4.21 Å². The molecule has 18 heavy (non-hydrogen) atoms. The topological polar surface area (TPSA) is 43.1 Å². The van der Waals surface area contributed by atoms with Crippen LogP contribution in [-0.4, -0.2) is 9.19 Å². The Morgan fingerprint density at radius 1 is 1.33 bits per heavy atom. The summed E-state index contributed by atoms with van der Waals surface area (Å²) < 4.78 is 18.4. The van der Waals surface area contributed by atoms with Gasteiger partial charge in [0.05, 0.1) is 5.69 Å². The average molecular weight is 328 g/mol. The summed E-state index contributed by atoms with van der Waals surface area (Å²) in [7, 11) is -1.00. The minimum absolute atomic E-state index is 0.362. The summed E-state index contributed by atoms with van der Waals surface area (Å²) in [6.07, 6.45) is 0. The first-order chi connectivity index (χ1) is 8.54. The summed E-state index contributed by atoms with van der Waals surface area (Å²) in [5.74, 6) is 2.23. The van der Waals surface area contributed by atoms with Crippen molar-refractivity contribution >= 4 is 26.7 Å². The first-order valence-electron chi connectivity index (χ1n) is 5.57. The van der Waals surface area contributed by atoms with Gasteiger partial charge >= 0.3 is 0 Å². The predicted octanol–water partition coefficient (Wildman–Crippen LogP) is 3.50. The first-order valence-corrected chi connectivity index (χ1v) is 7.85. The lowest BCUT2D eigenvalue weighted by Crippen LogP contribution is -1.99. The van der Waals surface area contributed by atoms with Crippen LogP contribution in [0.5, 0.6) is 0 Å². The van der Waals surface area contributed by atoms with Crippen molar-refractivity contribution in [3.63, 3.8) is 0 Å². The van der Waals surface area contributed by atoms with Crippen molar-refractivity contribution in [2.45, 2.75) is 25.4 Å². The van der Waals surface area contributed by atoms with Crippen LogP contribution in [0.1, 0.15) is 22.9 Å². The molecule has 0 saturated heterocycles. The molecule has 96 valence electrons. The summed E-state index contributed by atoms with van der Waals surface area (Å²) in [5, 5.41) is 0. The van der Waals surface area contributed by atoms with Crippen LogP contribution in [0.15, 0.2) is 33.2 Å². The van der Waals surface area contributed by atoms with Crippen LogP contribution in [0.3, 0.4) is 0 Å². The van der Waals surface area contributed by atoms with E-state index in [1.807, 2.05) is 38.1 Å². The molecule has 0 amide bonds. The minimum atomic E-state index is -1.00. The second-order valence-electron chi connectivity index (χ2n) is 4.11. The van der Waals surface area contributed by atoms with Gasteiger partial charge in [-0.25, -0.2) is 4.98 Å². The van der Waals surface area contributed by atoms with Gasteiger partial charge in [-0.15, -0.1) is 0 Å². The lowest BCUT2D eigenvalue weighted by Gasteiger charge is -2.01. The van der Waals surface area contributed by atoms with Crippen LogP contribution in [0, 0.1) is 13.8 Å². The number of halogens is 1. The highest BCUT2D eigenvalue weighted by Crippen LogP contribution is 2.15. The number of aromatic nitrogens is 1. The highest BCUT2D eigenvalue weighted by molar-refractivity contribution is 9.10. The molecule has 0 fully saturated rings. The van der Waals surface area contributed by atoms with Crippen LogP contribution < -0.4 is 0 Å². The number of oxazole rings is 1. The molecule has 3 nitrogen and oxygen atoms in total. The molecule has 0 radical (unpaired) electrons. The number of aryl methyl sites for hydroxylation is 2. The highest BCUT2D eigenvalue weighted by atomic mass is 79.9. The maximum absolute atomic E-state index is 12.0. The van der Waals surface area contributed by atoms with Crippen molar-refractivity contribution in [3.05, 3.63) is 51.6 Å². The van der Waals surface area contributed by atoms with E-state index < -0.39 is 10.8 Å². The Morgan fingerprint density at radius 3 is 2.72 bits per heavy atom. The van der Waals surface area contributed by atoms with E-state index in [2.05, 4.69) is 20.9 Å². The maximum Gasteiger partial charge on any atom is 0.207 e. The van der Waals surface area contributed by atoms with E-state index in [4.69, 9.17) is 4.42 Å². The van der Waals surface area contributed by atoms with Crippen molar-refractivity contribution in [2.75, 3.05) is 0 Å². The summed E-state index contributed by atoms with van der Waals surface area (Å²) >= 11 is 3.40. The summed E-state index contributed by atoms with van der Waals surface area (Å²) in [6.45, 7) is 3.75. The molecule has 0 spiro atoms. The third-order valence-corrected chi connectivity index (χ3v) is 4.29. The van der Waals surface area contributed by atoms with E-state index in [-0.39, 0.29) is 0 Å². The van der Waals surface area contributed by atoms with Crippen LogP contribution in [-0.2, 0) is 22.3 Å². The normalized spacial score (nSPS) is 12.6. The number of nitrogens with zero attached hydrogens (tertiary/aromatic N) is 1. The average Bonchev–Trinajstić information content (AvgIpc) is 2.57. The third kappa shape index (κ3) is 3.53. The predicted molar refractivity (Wildman–Crippen MR) is 75.7 cm³/mol. The van der Waals surface area contributed by atoms with Crippen LogP contribution >= 0.6 is 15.9 Å². The Kier molecular flexibility index (Phi) is 4.35. The van der Waals surface area contributed by atoms with Gasteiger partial charge in [-0.05, 0) is 31.5 Å². The SMILES string of the molecule is Cc1nc(C[S@@](=O)Cc2cccc(Br)c2)oc1C. The summed E-state index contributed by atoms with van der Waals surface area (Å²) in [4.78, 5) is 4.24. The first kappa shape index (κ1) is 13.5. The van der Waals surface area contributed by atoms with E-state index in [1.54, 1.807) is 0 Å². The van der Waals surface area contributed by atoms with E-state index >= 15 is 0 Å². The highest BCUT2D eigenvalue weighted by Gasteiger charge is 2.10. The summed E-state index contributed by atoms with van der Waals surface area (Å²) in [6, 6.07) is 7.84. The molecule has 0 unspecified atom stereocenters. The van der Waals surface area contributed by atoms with Gasteiger partial charge in [0, 0.05) is 21.0 Å². The Hall–Kier alpha value is -0.940. The molecule has 0 bridgehead atoms. The van der Waals surface area contributed by atoms with Crippen LogP contribution in [0.25, 0.3) is 0 Å². The molecule has 1 atom stereocenters. The fourth-order valence-electron chi connectivity index (χ4n) is 1.60. The van der Waals surface area contributed by atoms with Gasteiger partial charge in [-0.2, -0.15) is 0 Å². The van der Waals surface area contributed by atoms with Crippen molar-refractivity contribution in [1.82, 2.24) is 4.98 Å². The lowest BCUT2D eigenvalue weighted by molar-refractivity contribution is 0.487. The van der Waals surface area contributed by atoms with Gasteiger partial charge in [0.15, 0.2) is 0 Å². The van der Waals surface area contributed by atoms with Gasteiger partial charge in [-0.1, -0.05) is 28.1 Å². The molecule has 0 aliphatic carbocycles. The van der Waals surface area contributed by atoms with Crippen molar-refractivity contribution in [3.8, 4) is 0 Å². The fraction of sp³-hybridized carbons (Fsp3) is 0.308. The van der Waals surface area contributed by atoms with Crippen molar-refractivity contribution < 1.29 is 8.63 Å². The Bertz CT molecular complexity index is 561. The standard InChI is InChI=1S/C13H14BrNO2S/c1-9-10(2)17-13(15-9)8-18(16)7-11-4-3-5-12(14)6-11/h3-6H,7-8H2,1-2H3/t18-/m0/s1. The molecule has 2 aromatic rings. The molecule has 1 aromatic heterocycles. The molecular weight excluding hydrogens is 314 g/mol.